The molecule has 7 heteroatoms. The summed E-state index contributed by atoms with van der Waals surface area (Å²) >= 11 is 0. The van der Waals surface area contributed by atoms with Crippen LogP contribution in [0.1, 0.15) is 41.6 Å². The summed E-state index contributed by atoms with van der Waals surface area (Å²) in [6, 6.07) is 7.40. The van der Waals surface area contributed by atoms with Crippen LogP contribution in [0.3, 0.4) is 0 Å². The van der Waals surface area contributed by atoms with Crippen molar-refractivity contribution >= 4 is 24.2 Å². The number of primary amides is 1. The molecule has 1 aliphatic heterocycles. The zero-order chi connectivity index (χ0) is 16.4. The number of carbonyl (C=O) groups excluding carboxylic acids is 2. The van der Waals surface area contributed by atoms with Crippen molar-refractivity contribution in [1.82, 2.24) is 4.90 Å². The fraction of sp³-hybridized carbons (Fsp3) is 0.529. The Labute approximate surface area is 147 Å². The summed E-state index contributed by atoms with van der Waals surface area (Å²) in [5.74, 6) is -0.388. The number of benzene rings is 1. The summed E-state index contributed by atoms with van der Waals surface area (Å²) < 4.78 is 5.74. The minimum atomic E-state index is -0.446. The van der Waals surface area contributed by atoms with Gasteiger partial charge in [0.2, 0.25) is 5.91 Å². The first-order valence-corrected chi connectivity index (χ1v) is 8.13. The fourth-order valence-corrected chi connectivity index (χ4v) is 2.99. The van der Waals surface area contributed by atoms with E-state index in [1.54, 1.807) is 12.1 Å². The minimum Gasteiger partial charge on any atom is -0.366 e. The second-order valence-corrected chi connectivity index (χ2v) is 6.32. The number of ether oxygens (including phenoxy) is 1. The van der Waals surface area contributed by atoms with E-state index < -0.39 is 5.91 Å². The Bertz CT molecular complexity index is 589. The molecule has 2 atom stereocenters. The second-order valence-electron chi connectivity index (χ2n) is 6.32. The largest absolute Gasteiger partial charge is 0.366 e. The van der Waals surface area contributed by atoms with Crippen molar-refractivity contribution in [2.45, 2.75) is 50.5 Å². The number of nitrogens with two attached hydrogens (primary N) is 2. The SMILES string of the molecule is Cl.NC[C@H]1CC[C@@H](C(=O)N(Cc2ccc(C(N)=O)cc2)C2CC2)O1. The van der Waals surface area contributed by atoms with Crippen LogP contribution < -0.4 is 11.5 Å². The summed E-state index contributed by atoms with van der Waals surface area (Å²) in [5, 5.41) is 0. The molecule has 2 aliphatic rings. The topological polar surface area (TPSA) is 98.7 Å². The standard InChI is InChI=1S/C17H23N3O3.ClH/c18-9-14-7-8-15(23-14)17(22)20(13-5-6-13)10-11-1-3-12(4-2-11)16(19)21;/h1-4,13-15H,5-10,18H2,(H2,19,21);1H/t14-,15+;/m1./s1. The van der Waals surface area contributed by atoms with Crippen LogP contribution in [0.4, 0.5) is 0 Å². The van der Waals surface area contributed by atoms with E-state index in [1.165, 1.54) is 0 Å². The molecule has 2 fully saturated rings. The molecule has 3 rings (SSSR count). The van der Waals surface area contributed by atoms with Gasteiger partial charge in [-0.3, -0.25) is 9.59 Å². The smallest absolute Gasteiger partial charge is 0.252 e. The van der Waals surface area contributed by atoms with Gasteiger partial charge < -0.3 is 21.1 Å². The first kappa shape index (κ1) is 18.7. The van der Waals surface area contributed by atoms with Crippen LogP contribution >= 0.6 is 12.4 Å². The van der Waals surface area contributed by atoms with Gasteiger partial charge in [0.25, 0.3) is 5.91 Å². The van der Waals surface area contributed by atoms with Crippen LogP contribution in [0.25, 0.3) is 0 Å². The normalized spacial score (nSPS) is 22.7. The molecule has 0 bridgehead atoms. The van der Waals surface area contributed by atoms with Gasteiger partial charge in [0.05, 0.1) is 6.10 Å². The number of halogens is 1. The van der Waals surface area contributed by atoms with Gasteiger partial charge in [0, 0.05) is 24.7 Å². The first-order valence-electron chi connectivity index (χ1n) is 8.13. The maximum absolute atomic E-state index is 12.8. The van der Waals surface area contributed by atoms with E-state index in [9.17, 15) is 9.59 Å². The van der Waals surface area contributed by atoms with E-state index in [0.717, 1.165) is 31.2 Å². The lowest BCUT2D eigenvalue weighted by molar-refractivity contribution is -0.144. The van der Waals surface area contributed by atoms with E-state index >= 15 is 0 Å². The molecule has 0 unspecified atom stereocenters. The van der Waals surface area contributed by atoms with Gasteiger partial charge in [0.1, 0.15) is 6.10 Å². The number of nitrogens with zero attached hydrogens (tertiary/aromatic N) is 1. The second kappa shape index (κ2) is 7.96. The van der Waals surface area contributed by atoms with Crippen molar-refractivity contribution in [2.75, 3.05) is 6.54 Å². The molecule has 0 radical (unpaired) electrons. The van der Waals surface area contributed by atoms with Gasteiger partial charge in [-0.15, -0.1) is 12.4 Å². The highest BCUT2D eigenvalue weighted by Crippen LogP contribution is 2.31. The predicted molar refractivity (Wildman–Crippen MR) is 92.7 cm³/mol. The van der Waals surface area contributed by atoms with E-state index in [4.69, 9.17) is 16.2 Å². The zero-order valence-corrected chi connectivity index (χ0v) is 14.3. The number of hydrogen-bond acceptors (Lipinski definition) is 4. The highest BCUT2D eigenvalue weighted by atomic mass is 35.5. The van der Waals surface area contributed by atoms with Crippen LogP contribution in [-0.4, -0.2) is 41.5 Å². The van der Waals surface area contributed by atoms with Crippen molar-refractivity contribution in [3.63, 3.8) is 0 Å². The summed E-state index contributed by atoms with van der Waals surface area (Å²) in [5.41, 5.74) is 12.3. The first-order chi connectivity index (χ1) is 11.1. The summed E-state index contributed by atoms with van der Waals surface area (Å²) in [4.78, 5) is 25.8. The van der Waals surface area contributed by atoms with Crippen molar-refractivity contribution in [3.8, 4) is 0 Å². The third-order valence-corrected chi connectivity index (χ3v) is 4.51. The predicted octanol–water partition coefficient (Wildman–Crippen LogP) is 1.20. The number of hydrogen-bond donors (Lipinski definition) is 2. The average molecular weight is 354 g/mol. The molecule has 1 heterocycles. The molecule has 4 N–H and O–H groups in total. The van der Waals surface area contributed by atoms with Gasteiger partial charge in [-0.2, -0.15) is 0 Å². The lowest BCUT2D eigenvalue weighted by Gasteiger charge is -2.26. The Morgan fingerprint density at radius 3 is 2.29 bits per heavy atom. The Morgan fingerprint density at radius 1 is 1.12 bits per heavy atom. The Morgan fingerprint density at radius 2 is 1.79 bits per heavy atom. The Hall–Kier alpha value is -1.63. The van der Waals surface area contributed by atoms with Crippen LogP contribution in [0, 0.1) is 0 Å². The van der Waals surface area contributed by atoms with Crippen molar-refractivity contribution in [3.05, 3.63) is 35.4 Å². The molecule has 1 saturated heterocycles. The molecular weight excluding hydrogens is 330 g/mol. The average Bonchev–Trinajstić information content (AvgIpc) is 3.28. The van der Waals surface area contributed by atoms with Crippen molar-refractivity contribution in [2.24, 2.45) is 11.5 Å². The fourth-order valence-electron chi connectivity index (χ4n) is 2.99. The lowest BCUT2D eigenvalue weighted by atomic mass is 10.1. The highest BCUT2D eigenvalue weighted by molar-refractivity contribution is 5.92. The molecular formula is C17H24ClN3O3. The van der Waals surface area contributed by atoms with E-state index in [1.807, 2.05) is 17.0 Å². The summed E-state index contributed by atoms with van der Waals surface area (Å²) in [7, 11) is 0. The summed E-state index contributed by atoms with van der Waals surface area (Å²) in [6.45, 7) is 0.998. The van der Waals surface area contributed by atoms with Gasteiger partial charge in [-0.05, 0) is 43.4 Å². The molecule has 1 aromatic carbocycles. The monoisotopic (exact) mass is 353 g/mol. The van der Waals surface area contributed by atoms with Gasteiger partial charge in [0.15, 0.2) is 0 Å². The molecule has 24 heavy (non-hydrogen) atoms. The molecule has 0 aromatic heterocycles. The lowest BCUT2D eigenvalue weighted by Crippen LogP contribution is -2.40. The molecule has 132 valence electrons. The van der Waals surface area contributed by atoms with Crippen LogP contribution in [0.2, 0.25) is 0 Å². The molecule has 2 amide bonds. The molecule has 1 aromatic rings. The minimum absolute atomic E-state index is 0. The maximum Gasteiger partial charge on any atom is 0.252 e. The zero-order valence-electron chi connectivity index (χ0n) is 13.5. The van der Waals surface area contributed by atoms with Crippen LogP contribution in [0.5, 0.6) is 0 Å². The van der Waals surface area contributed by atoms with Crippen LogP contribution in [0.15, 0.2) is 24.3 Å². The van der Waals surface area contributed by atoms with E-state index in [2.05, 4.69) is 0 Å². The molecule has 1 aliphatic carbocycles. The highest BCUT2D eigenvalue weighted by Gasteiger charge is 2.39. The summed E-state index contributed by atoms with van der Waals surface area (Å²) in [6.07, 6.45) is 3.30. The van der Waals surface area contributed by atoms with Crippen LogP contribution in [-0.2, 0) is 16.1 Å². The molecule has 6 nitrogen and oxygen atoms in total. The quantitative estimate of drug-likeness (QED) is 0.802. The van der Waals surface area contributed by atoms with E-state index in [0.29, 0.717) is 24.7 Å². The van der Waals surface area contributed by atoms with Crippen molar-refractivity contribution < 1.29 is 14.3 Å². The van der Waals surface area contributed by atoms with Gasteiger partial charge >= 0.3 is 0 Å². The maximum atomic E-state index is 12.8. The number of carbonyl (C=O) groups is 2. The third-order valence-electron chi connectivity index (χ3n) is 4.51. The van der Waals surface area contributed by atoms with Gasteiger partial charge in [-0.1, -0.05) is 12.1 Å². The van der Waals surface area contributed by atoms with Crippen molar-refractivity contribution in [1.29, 1.82) is 0 Å². The number of amides is 2. The molecule has 0 spiro atoms. The Balaban J connectivity index is 0.00000208. The van der Waals surface area contributed by atoms with Gasteiger partial charge in [-0.25, -0.2) is 0 Å². The third kappa shape index (κ3) is 4.26. The number of rotatable bonds is 6. The molecule has 1 saturated carbocycles. The van der Waals surface area contributed by atoms with E-state index in [-0.39, 0.29) is 30.5 Å². The Kier molecular flexibility index (Phi) is 6.21.